The van der Waals surface area contributed by atoms with E-state index in [0.717, 1.165) is 10.0 Å². The maximum atomic E-state index is 11.4. The van der Waals surface area contributed by atoms with Crippen LogP contribution in [0, 0.1) is 0 Å². The van der Waals surface area contributed by atoms with Gasteiger partial charge in [-0.1, -0.05) is 18.2 Å². The van der Waals surface area contributed by atoms with Crippen LogP contribution in [0.2, 0.25) is 0 Å². The lowest BCUT2D eigenvalue weighted by molar-refractivity contribution is 0.0695. The first kappa shape index (κ1) is 16.0. The molecule has 0 aliphatic carbocycles. The molecule has 0 aliphatic heterocycles. The third kappa shape index (κ3) is 3.28. The number of methoxy groups -OCH3 is 1. The van der Waals surface area contributed by atoms with Gasteiger partial charge in [0.2, 0.25) is 0 Å². The van der Waals surface area contributed by atoms with Crippen molar-refractivity contribution in [3.63, 3.8) is 0 Å². The first-order valence-electron chi connectivity index (χ1n) is 6.35. The number of carbonyl (C=O) groups is 2. The van der Waals surface area contributed by atoms with Gasteiger partial charge in [0, 0.05) is 6.42 Å². The Labute approximate surface area is 135 Å². The van der Waals surface area contributed by atoms with Gasteiger partial charge in [-0.2, -0.15) is 0 Å². The van der Waals surface area contributed by atoms with Crippen LogP contribution >= 0.6 is 15.9 Å². The van der Waals surface area contributed by atoms with Crippen LogP contribution in [-0.2, 0) is 6.42 Å². The van der Waals surface area contributed by atoms with E-state index in [2.05, 4.69) is 15.9 Å². The number of hydrogen-bond acceptors (Lipinski definition) is 3. The van der Waals surface area contributed by atoms with Crippen LogP contribution < -0.4 is 4.74 Å². The summed E-state index contributed by atoms with van der Waals surface area (Å²) in [6.45, 7) is 0. The van der Waals surface area contributed by atoms with E-state index in [1.54, 1.807) is 0 Å². The Morgan fingerprint density at radius 3 is 2.41 bits per heavy atom. The Balaban J connectivity index is 2.48. The molecule has 0 saturated carbocycles. The van der Waals surface area contributed by atoms with Crippen molar-refractivity contribution < 1.29 is 24.5 Å². The van der Waals surface area contributed by atoms with E-state index in [4.69, 9.17) is 9.84 Å². The highest BCUT2D eigenvalue weighted by molar-refractivity contribution is 9.10. The minimum absolute atomic E-state index is 0.0260. The Kier molecular flexibility index (Phi) is 4.82. The zero-order valence-corrected chi connectivity index (χ0v) is 13.3. The fraction of sp³-hybridized carbons (Fsp3) is 0.125. The van der Waals surface area contributed by atoms with E-state index >= 15 is 0 Å². The van der Waals surface area contributed by atoms with Gasteiger partial charge in [-0.3, -0.25) is 0 Å². The molecule has 0 fully saturated rings. The lowest BCUT2D eigenvalue weighted by Crippen LogP contribution is -2.07. The topological polar surface area (TPSA) is 83.8 Å². The molecule has 22 heavy (non-hydrogen) atoms. The summed E-state index contributed by atoms with van der Waals surface area (Å²) in [5, 5.41) is 18.3. The van der Waals surface area contributed by atoms with Gasteiger partial charge in [-0.05, 0) is 45.3 Å². The van der Waals surface area contributed by atoms with E-state index in [1.807, 2.05) is 18.2 Å². The quantitative estimate of drug-likeness (QED) is 0.848. The SMILES string of the molecule is COc1c(Br)cccc1Cc1ccc(C(=O)O)cc1C(=O)O. The van der Waals surface area contributed by atoms with Crippen LogP contribution in [0.4, 0.5) is 0 Å². The number of hydrogen-bond donors (Lipinski definition) is 2. The number of para-hydroxylation sites is 1. The highest BCUT2D eigenvalue weighted by Gasteiger charge is 2.16. The van der Waals surface area contributed by atoms with Gasteiger partial charge in [0.05, 0.1) is 22.7 Å². The molecule has 0 atom stereocenters. The van der Waals surface area contributed by atoms with Crippen LogP contribution in [0.3, 0.4) is 0 Å². The predicted octanol–water partition coefficient (Wildman–Crippen LogP) is 3.44. The molecule has 0 saturated heterocycles. The van der Waals surface area contributed by atoms with E-state index in [1.165, 1.54) is 25.3 Å². The van der Waals surface area contributed by atoms with Gasteiger partial charge in [0.15, 0.2) is 0 Å². The number of ether oxygens (including phenoxy) is 1. The average molecular weight is 365 g/mol. The molecule has 2 rings (SSSR count). The monoisotopic (exact) mass is 364 g/mol. The lowest BCUT2D eigenvalue weighted by Gasteiger charge is -2.12. The second-order valence-electron chi connectivity index (χ2n) is 4.59. The standard InChI is InChI=1S/C16H13BrO5/c1-22-14-10(3-2-4-13(14)17)7-9-5-6-11(15(18)19)8-12(9)16(20)21/h2-6,8H,7H2,1H3,(H,18,19)(H,20,21). The Hall–Kier alpha value is -2.34. The molecule has 0 amide bonds. The van der Waals surface area contributed by atoms with Crippen LogP contribution in [0.25, 0.3) is 0 Å². The Morgan fingerprint density at radius 2 is 1.82 bits per heavy atom. The van der Waals surface area contributed by atoms with Crippen molar-refractivity contribution in [3.8, 4) is 5.75 Å². The number of halogens is 1. The lowest BCUT2D eigenvalue weighted by atomic mass is 9.97. The molecule has 2 aromatic carbocycles. The minimum atomic E-state index is -1.16. The summed E-state index contributed by atoms with van der Waals surface area (Å²) in [5.41, 5.74) is 1.25. The molecule has 0 aliphatic rings. The van der Waals surface area contributed by atoms with Crippen molar-refractivity contribution in [3.05, 3.63) is 63.1 Å². The normalized spacial score (nSPS) is 10.3. The number of carboxylic acid groups (broad SMARTS) is 2. The third-order valence-corrected chi connectivity index (χ3v) is 3.85. The van der Waals surface area contributed by atoms with Crippen molar-refractivity contribution in [1.29, 1.82) is 0 Å². The molecule has 0 unspecified atom stereocenters. The van der Waals surface area contributed by atoms with Gasteiger partial charge in [-0.25, -0.2) is 9.59 Å². The van der Waals surface area contributed by atoms with E-state index in [0.29, 0.717) is 17.7 Å². The van der Waals surface area contributed by atoms with Crippen LogP contribution in [0.1, 0.15) is 31.8 Å². The van der Waals surface area contributed by atoms with Crippen LogP contribution in [-0.4, -0.2) is 29.3 Å². The fourth-order valence-corrected chi connectivity index (χ4v) is 2.76. The second kappa shape index (κ2) is 6.62. The van der Waals surface area contributed by atoms with E-state index in [-0.39, 0.29) is 11.1 Å². The molecular weight excluding hydrogens is 352 g/mol. The molecule has 0 aromatic heterocycles. The number of carboxylic acids is 2. The fourth-order valence-electron chi connectivity index (χ4n) is 2.19. The van der Waals surface area contributed by atoms with Gasteiger partial charge in [0.1, 0.15) is 5.75 Å². The van der Waals surface area contributed by atoms with E-state index in [9.17, 15) is 14.7 Å². The van der Waals surface area contributed by atoms with Crippen molar-refractivity contribution >= 4 is 27.9 Å². The van der Waals surface area contributed by atoms with Crippen molar-refractivity contribution in [2.24, 2.45) is 0 Å². The summed E-state index contributed by atoms with van der Waals surface area (Å²) in [6.07, 6.45) is 0.324. The zero-order chi connectivity index (χ0) is 16.3. The summed E-state index contributed by atoms with van der Waals surface area (Å²) in [6, 6.07) is 9.58. The summed E-state index contributed by atoms with van der Waals surface area (Å²) in [4.78, 5) is 22.3. The summed E-state index contributed by atoms with van der Waals surface area (Å²) < 4.78 is 6.09. The van der Waals surface area contributed by atoms with Crippen LogP contribution in [0.5, 0.6) is 5.75 Å². The molecule has 0 radical (unpaired) electrons. The summed E-state index contributed by atoms with van der Waals surface area (Å²) in [5.74, 6) is -1.69. The zero-order valence-electron chi connectivity index (χ0n) is 11.7. The molecule has 5 nitrogen and oxygen atoms in total. The molecule has 2 N–H and O–H groups in total. The molecule has 6 heteroatoms. The summed E-state index contributed by atoms with van der Waals surface area (Å²) >= 11 is 3.38. The van der Waals surface area contributed by atoms with Gasteiger partial charge in [0.25, 0.3) is 0 Å². The second-order valence-corrected chi connectivity index (χ2v) is 5.45. The third-order valence-electron chi connectivity index (χ3n) is 3.22. The van der Waals surface area contributed by atoms with Crippen molar-refractivity contribution in [2.45, 2.75) is 6.42 Å². The Morgan fingerprint density at radius 1 is 1.09 bits per heavy atom. The van der Waals surface area contributed by atoms with Gasteiger partial charge < -0.3 is 14.9 Å². The largest absolute Gasteiger partial charge is 0.495 e. The van der Waals surface area contributed by atoms with Gasteiger partial charge in [-0.15, -0.1) is 0 Å². The maximum absolute atomic E-state index is 11.4. The number of benzene rings is 2. The molecule has 2 aromatic rings. The molecule has 0 spiro atoms. The molecular formula is C16H13BrO5. The highest BCUT2D eigenvalue weighted by atomic mass is 79.9. The predicted molar refractivity (Wildman–Crippen MR) is 83.9 cm³/mol. The first-order chi connectivity index (χ1) is 10.4. The van der Waals surface area contributed by atoms with Crippen LogP contribution in [0.15, 0.2) is 40.9 Å². The molecule has 0 heterocycles. The first-order valence-corrected chi connectivity index (χ1v) is 7.14. The highest BCUT2D eigenvalue weighted by Crippen LogP contribution is 2.31. The van der Waals surface area contributed by atoms with E-state index < -0.39 is 11.9 Å². The average Bonchev–Trinajstić information content (AvgIpc) is 2.47. The number of aromatic carboxylic acids is 2. The van der Waals surface area contributed by atoms with Crippen molar-refractivity contribution in [1.82, 2.24) is 0 Å². The number of rotatable bonds is 5. The molecule has 0 bridgehead atoms. The minimum Gasteiger partial charge on any atom is -0.495 e. The Bertz CT molecular complexity index is 739. The maximum Gasteiger partial charge on any atom is 0.336 e. The summed E-state index contributed by atoms with van der Waals surface area (Å²) in [7, 11) is 1.54. The van der Waals surface area contributed by atoms with Crippen molar-refractivity contribution in [2.75, 3.05) is 7.11 Å². The van der Waals surface area contributed by atoms with Gasteiger partial charge >= 0.3 is 11.9 Å². The molecule has 114 valence electrons. The smallest absolute Gasteiger partial charge is 0.336 e.